The van der Waals surface area contributed by atoms with E-state index in [1.165, 1.54) is 12.1 Å². The molecule has 0 N–H and O–H groups in total. The molecule has 0 aliphatic rings. The van der Waals surface area contributed by atoms with Gasteiger partial charge in [-0.25, -0.2) is 4.98 Å². The highest BCUT2D eigenvalue weighted by Crippen LogP contribution is 2.29. The number of imidazole rings is 1. The van der Waals surface area contributed by atoms with Crippen LogP contribution in [0.4, 0.5) is 17.6 Å². The number of alkyl halides is 3. The van der Waals surface area contributed by atoms with Gasteiger partial charge in [0.15, 0.2) is 0 Å². The number of hydrogen-bond acceptors (Lipinski definition) is 5. The molecule has 0 aliphatic carbocycles. The predicted octanol–water partition coefficient (Wildman–Crippen LogP) is 5.04. The molecule has 4 rings (SSSR count). The first-order chi connectivity index (χ1) is 15.9. The Morgan fingerprint density at radius 1 is 0.788 bits per heavy atom. The molecule has 10 heteroatoms. The standard InChI is InChI=1S/C23H18F4N4O2/c24-20-21(32-12-17-3-1-16(2-4-17)11-31-10-9-28-15-31)29-14-30-22(20)33-13-18-5-7-19(8-6-18)23(25,26)27/h1-10,14-15H,11-13H2. The molecule has 0 spiro atoms. The summed E-state index contributed by atoms with van der Waals surface area (Å²) in [6.45, 7) is 0.600. The molecule has 170 valence electrons. The highest BCUT2D eigenvalue weighted by Gasteiger charge is 2.29. The molecule has 0 aliphatic heterocycles. The predicted molar refractivity (Wildman–Crippen MR) is 110 cm³/mol. The van der Waals surface area contributed by atoms with E-state index in [4.69, 9.17) is 9.47 Å². The number of hydrogen-bond donors (Lipinski definition) is 0. The van der Waals surface area contributed by atoms with Crippen LogP contribution in [0.2, 0.25) is 0 Å². The van der Waals surface area contributed by atoms with Crippen LogP contribution in [-0.2, 0) is 25.9 Å². The molecule has 33 heavy (non-hydrogen) atoms. The van der Waals surface area contributed by atoms with E-state index in [0.717, 1.165) is 29.6 Å². The normalized spacial score (nSPS) is 11.4. The molecule has 0 saturated heterocycles. The van der Waals surface area contributed by atoms with Crippen LogP contribution >= 0.6 is 0 Å². The average Bonchev–Trinajstić information content (AvgIpc) is 3.31. The number of halogens is 4. The first-order valence-corrected chi connectivity index (χ1v) is 9.84. The molecule has 6 nitrogen and oxygen atoms in total. The van der Waals surface area contributed by atoms with Gasteiger partial charge in [0.2, 0.25) is 5.82 Å². The van der Waals surface area contributed by atoms with Gasteiger partial charge in [-0.3, -0.25) is 0 Å². The van der Waals surface area contributed by atoms with Crippen LogP contribution in [0.5, 0.6) is 11.8 Å². The lowest BCUT2D eigenvalue weighted by Gasteiger charge is -2.11. The van der Waals surface area contributed by atoms with Gasteiger partial charge in [-0.05, 0) is 28.8 Å². The van der Waals surface area contributed by atoms with E-state index in [0.29, 0.717) is 12.1 Å². The molecular weight excluding hydrogens is 440 g/mol. The van der Waals surface area contributed by atoms with E-state index in [-0.39, 0.29) is 25.0 Å². The van der Waals surface area contributed by atoms with Crippen LogP contribution in [0.1, 0.15) is 22.3 Å². The summed E-state index contributed by atoms with van der Waals surface area (Å²) in [6, 6.07) is 12.0. The summed E-state index contributed by atoms with van der Waals surface area (Å²) in [5.74, 6) is -1.52. The summed E-state index contributed by atoms with van der Waals surface area (Å²) in [5, 5.41) is 0. The summed E-state index contributed by atoms with van der Waals surface area (Å²) >= 11 is 0. The fraction of sp³-hybridized carbons (Fsp3) is 0.174. The van der Waals surface area contributed by atoms with Crippen molar-refractivity contribution in [3.8, 4) is 11.8 Å². The molecule has 0 fully saturated rings. The lowest BCUT2D eigenvalue weighted by Crippen LogP contribution is -2.06. The van der Waals surface area contributed by atoms with Crippen LogP contribution in [0.3, 0.4) is 0 Å². The van der Waals surface area contributed by atoms with Gasteiger partial charge in [-0.1, -0.05) is 36.4 Å². The Hall–Kier alpha value is -3.95. The summed E-state index contributed by atoms with van der Waals surface area (Å²) in [6.07, 6.45) is 1.97. The maximum atomic E-state index is 14.6. The minimum atomic E-state index is -4.43. The number of ether oxygens (including phenoxy) is 2. The van der Waals surface area contributed by atoms with Crippen molar-refractivity contribution in [2.75, 3.05) is 0 Å². The van der Waals surface area contributed by atoms with Gasteiger partial charge in [0, 0.05) is 18.9 Å². The monoisotopic (exact) mass is 458 g/mol. The summed E-state index contributed by atoms with van der Waals surface area (Å²) < 4.78 is 65.3. The van der Waals surface area contributed by atoms with E-state index in [1.54, 1.807) is 12.5 Å². The maximum absolute atomic E-state index is 14.6. The third-order valence-corrected chi connectivity index (χ3v) is 4.71. The maximum Gasteiger partial charge on any atom is 0.416 e. The van der Waals surface area contributed by atoms with Gasteiger partial charge in [-0.15, -0.1) is 0 Å². The van der Waals surface area contributed by atoms with E-state index < -0.39 is 17.6 Å². The molecule has 0 unspecified atom stereocenters. The molecule has 0 amide bonds. The van der Waals surface area contributed by atoms with Crippen molar-refractivity contribution < 1.29 is 27.0 Å². The Labute approximate surface area is 186 Å². The smallest absolute Gasteiger partial charge is 0.416 e. The topological polar surface area (TPSA) is 62.1 Å². The number of nitrogens with zero attached hydrogens (tertiary/aromatic N) is 4. The van der Waals surface area contributed by atoms with Crippen LogP contribution in [0.25, 0.3) is 0 Å². The fourth-order valence-corrected chi connectivity index (χ4v) is 2.97. The first-order valence-electron chi connectivity index (χ1n) is 9.84. The van der Waals surface area contributed by atoms with Gasteiger partial charge in [0.1, 0.15) is 19.5 Å². The summed E-state index contributed by atoms with van der Waals surface area (Å²) in [5.41, 5.74) is 1.54. The molecular formula is C23H18F4N4O2. The van der Waals surface area contributed by atoms with E-state index in [1.807, 2.05) is 35.0 Å². The SMILES string of the molecule is Fc1c(OCc2ccc(Cn3ccnc3)cc2)ncnc1OCc1ccc(C(F)(F)F)cc1. The van der Waals surface area contributed by atoms with Crippen LogP contribution < -0.4 is 9.47 Å². The number of rotatable bonds is 8. The highest BCUT2D eigenvalue weighted by atomic mass is 19.4. The summed E-state index contributed by atoms with van der Waals surface area (Å²) in [7, 11) is 0. The summed E-state index contributed by atoms with van der Waals surface area (Å²) in [4.78, 5) is 11.5. The van der Waals surface area contributed by atoms with Crippen LogP contribution in [0.15, 0.2) is 73.6 Å². The Balaban J connectivity index is 1.34. The van der Waals surface area contributed by atoms with Gasteiger partial charge < -0.3 is 14.0 Å². The fourth-order valence-electron chi connectivity index (χ4n) is 2.97. The lowest BCUT2D eigenvalue weighted by molar-refractivity contribution is -0.137. The van der Waals surface area contributed by atoms with Crippen molar-refractivity contribution in [3.63, 3.8) is 0 Å². The molecule has 0 bridgehead atoms. The van der Waals surface area contributed by atoms with Gasteiger partial charge in [0.05, 0.1) is 11.9 Å². The van der Waals surface area contributed by atoms with Crippen molar-refractivity contribution in [1.82, 2.24) is 19.5 Å². The van der Waals surface area contributed by atoms with Crippen molar-refractivity contribution >= 4 is 0 Å². The zero-order valence-electron chi connectivity index (χ0n) is 17.2. The molecule has 0 saturated carbocycles. The lowest BCUT2D eigenvalue weighted by atomic mass is 10.1. The number of aromatic nitrogens is 4. The second-order valence-corrected chi connectivity index (χ2v) is 7.12. The van der Waals surface area contributed by atoms with Crippen molar-refractivity contribution in [2.45, 2.75) is 25.9 Å². The molecule has 2 aromatic heterocycles. The van der Waals surface area contributed by atoms with Crippen molar-refractivity contribution in [1.29, 1.82) is 0 Å². The van der Waals surface area contributed by atoms with Gasteiger partial charge in [-0.2, -0.15) is 27.5 Å². The zero-order chi connectivity index (χ0) is 23.3. The quantitative estimate of drug-likeness (QED) is 0.347. The molecule has 2 aromatic carbocycles. The second kappa shape index (κ2) is 9.68. The van der Waals surface area contributed by atoms with Crippen molar-refractivity contribution in [3.05, 3.63) is 102 Å². The van der Waals surface area contributed by atoms with Crippen molar-refractivity contribution in [2.24, 2.45) is 0 Å². The van der Waals surface area contributed by atoms with Gasteiger partial charge in [0.25, 0.3) is 11.8 Å². The number of benzene rings is 2. The molecule has 0 atom stereocenters. The minimum Gasteiger partial charge on any atom is -0.471 e. The van der Waals surface area contributed by atoms with Gasteiger partial charge >= 0.3 is 6.18 Å². The van der Waals surface area contributed by atoms with Crippen LogP contribution in [0, 0.1) is 5.82 Å². The Morgan fingerprint density at radius 2 is 1.33 bits per heavy atom. The Kier molecular flexibility index (Phi) is 6.53. The molecule has 0 radical (unpaired) electrons. The third-order valence-electron chi connectivity index (χ3n) is 4.71. The van der Waals surface area contributed by atoms with E-state index in [9.17, 15) is 17.6 Å². The van der Waals surface area contributed by atoms with E-state index in [2.05, 4.69) is 15.0 Å². The second-order valence-electron chi connectivity index (χ2n) is 7.12. The Bertz CT molecular complexity index is 1180. The minimum absolute atomic E-state index is 0.0810. The molecule has 2 heterocycles. The largest absolute Gasteiger partial charge is 0.471 e. The molecule has 4 aromatic rings. The average molecular weight is 458 g/mol. The zero-order valence-corrected chi connectivity index (χ0v) is 17.2. The van der Waals surface area contributed by atoms with Crippen LogP contribution in [-0.4, -0.2) is 19.5 Å². The highest BCUT2D eigenvalue weighted by molar-refractivity contribution is 5.27. The van der Waals surface area contributed by atoms with E-state index >= 15 is 0 Å². The third kappa shape index (κ3) is 5.85. The first kappa shape index (κ1) is 22.3. The Morgan fingerprint density at radius 3 is 1.85 bits per heavy atom.